The van der Waals surface area contributed by atoms with Gasteiger partial charge in [0.05, 0.1) is 17.7 Å². The number of rotatable bonds is 7. The first-order valence-electron chi connectivity index (χ1n) is 6.71. The van der Waals surface area contributed by atoms with E-state index < -0.39 is 21.9 Å². The molecule has 0 bridgehead atoms. The number of carbonyl (C=O) groups excluding carboxylic acids is 1. The fourth-order valence-electron chi connectivity index (χ4n) is 1.71. The molecule has 126 valence electrons. The van der Waals surface area contributed by atoms with Gasteiger partial charge in [-0.3, -0.25) is 4.79 Å². The van der Waals surface area contributed by atoms with Crippen LogP contribution < -0.4 is 10.0 Å². The highest BCUT2D eigenvalue weighted by molar-refractivity contribution is 7.89. The number of benzene rings is 1. The highest BCUT2D eigenvalue weighted by Crippen LogP contribution is 2.14. The zero-order chi connectivity index (χ0) is 17.6. The second-order valence-electron chi connectivity index (χ2n) is 4.59. The molecule has 1 amide bonds. The summed E-state index contributed by atoms with van der Waals surface area (Å²) in [5.74, 6) is -1.40. The lowest BCUT2D eigenvalue weighted by atomic mass is 10.3. The van der Waals surface area contributed by atoms with E-state index in [1.807, 2.05) is 0 Å². The molecule has 1 aromatic carbocycles. The first-order valence-corrected chi connectivity index (χ1v) is 8.19. The van der Waals surface area contributed by atoms with Crippen LogP contribution in [0.15, 0.2) is 64.1 Å². The predicted octanol–water partition coefficient (Wildman–Crippen LogP) is 1.34. The third-order valence-corrected chi connectivity index (χ3v) is 4.24. The Morgan fingerprint density at radius 1 is 1.12 bits per heavy atom. The number of sulfonamides is 1. The van der Waals surface area contributed by atoms with Gasteiger partial charge in [-0.05, 0) is 36.4 Å². The van der Waals surface area contributed by atoms with E-state index in [1.54, 1.807) is 12.1 Å². The van der Waals surface area contributed by atoms with Gasteiger partial charge < -0.3 is 14.8 Å². The number of anilines is 1. The molecule has 1 heterocycles. The molecular formula is C15H14N2O6S. The Hall–Kier alpha value is -2.91. The van der Waals surface area contributed by atoms with Crippen molar-refractivity contribution >= 4 is 27.6 Å². The minimum atomic E-state index is -3.72. The molecule has 0 fully saturated rings. The summed E-state index contributed by atoms with van der Waals surface area (Å²) in [5.41, 5.74) is 0.333. The van der Waals surface area contributed by atoms with E-state index in [9.17, 15) is 18.0 Å². The van der Waals surface area contributed by atoms with Crippen LogP contribution in [-0.4, -0.2) is 25.4 Å². The van der Waals surface area contributed by atoms with Crippen LogP contribution in [0.4, 0.5) is 5.69 Å². The molecule has 0 radical (unpaired) electrons. The van der Waals surface area contributed by atoms with E-state index in [1.165, 1.54) is 30.5 Å². The molecule has 1 aromatic heterocycles. The molecule has 0 saturated heterocycles. The summed E-state index contributed by atoms with van der Waals surface area (Å²) in [6.07, 6.45) is 3.00. The van der Waals surface area contributed by atoms with Gasteiger partial charge in [0.2, 0.25) is 15.9 Å². The van der Waals surface area contributed by atoms with Gasteiger partial charge in [-0.25, -0.2) is 17.9 Å². The lowest BCUT2D eigenvalue weighted by Gasteiger charge is -2.07. The maximum Gasteiger partial charge on any atom is 0.328 e. The molecule has 0 aliphatic rings. The number of amides is 1. The first kappa shape index (κ1) is 17.4. The molecule has 9 heteroatoms. The first-order chi connectivity index (χ1) is 11.4. The molecular weight excluding hydrogens is 336 g/mol. The zero-order valence-corrected chi connectivity index (χ0v) is 13.1. The molecule has 0 aliphatic heterocycles. The van der Waals surface area contributed by atoms with Gasteiger partial charge in [0.25, 0.3) is 0 Å². The largest absolute Gasteiger partial charge is 0.478 e. The third-order valence-electron chi connectivity index (χ3n) is 2.83. The number of furan rings is 1. The Balaban J connectivity index is 2.00. The van der Waals surface area contributed by atoms with Crippen molar-refractivity contribution in [2.75, 3.05) is 5.32 Å². The van der Waals surface area contributed by atoms with Crippen molar-refractivity contribution in [1.82, 2.24) is 4.72 Å². The van der Waals surface area contributed by atoms with E-state index in [0.717, 1.165) is 6.08 Å². The average Bonchev–Trinajstić information content (AvgIpc) is 3.05. The molecule has 2 aromatic rings. The van der Waals surface area contributed by atoms with Crippen LogP contribution in [0.25, 0.3) is 0 Å². The van der Waals surface area contributed by atoms with Crippen LogP contribution >= 0.6 is 0 Å². The van der Waals surface area contributed by atoms with E-state index in [0.29, 0.717) is 17.5 Å². The highest BCUT2D eigenvalue weighted by Gasteiger charge is 2.14. The van der Waals surface area contributed by atoms with Crippen molar-refractivity contribution in [2.45, 2.75) is 11.4 Å². The summed E-state index contributed by atoms with van der Waals surface area (Å²) in [6, 6.07) is 8.73. The van der Waals surface area contributed by atoms with Crippen molar-refractivity contribution in [3.8, 4) is 0 Å². The van der Waals surface area contributed by atoms with Gasteiger partial charge >= 0.3 is 5.97 Å². The van der Waals surface area contributed by atoms with Crippen LogP contribution in [0.2, 0.25) is 0 Å². The summed E-state index contributed by atoms with van der Waals surface area (Å²) in [5, 5.41) is 10.8. The Labute approximate surface area is 137 Å². The number of carboxylic acids is 1. The van der Waals surface area contributed by atoms with Crippen molar-refractivity contribution < 1.29 is 27.5 Å². The average molecular weight is 350 g/mol. The van der Waals surface area contributed by atoms with Gasteiger partial charge in [-0.2, -0.15) is 0 Å². The summed E-state index contributed by atoms with van der Waals surface area (Å²) < 4.78 is 31.7. The third kappa shape index (κ3) is 5.07. The quantitative estimate of drug-likeness (QED) is 0.647. The summed E-state index contributed by atoms with van der Waals surface area (Å²) in [4.78, 5) is 21.8. The Kier molecular flexibility index (Phi) is 5.51. The van der Waals surface area contributed by atoms with Crippen molar-refractivity contribution in [3.63, 3.8) is 0 Å². The molecule has 0 spiro atoms. The number of hydrogen-bond acceptors (Lipinski definition) is 5. The molecule has 0 atom stereocenters. The van der Waals surface area contributed by atoms with Crippen molar-refractivity contribution in [1.29, 1.82) is 0 Å². The van der Waals surface area contributed by atoms with E-state index in [4.69, 9.17) is 9.52 Å². The van der Waals surface area contributed by atoms with Crippen LogP contribution in [0.1, 0.15) is 5.76 Å². The lowest BCUT2D eigenvalue weighted by Crippen LogP contribution is -2.23. The Morgan fingerprint density at radius 2 is 1.83 bits per heavy atom. The van der Waals surface area contributed by atoms with E-state index >= 15 is 0 Å². The van der Waals surface area contributed by atoms with Gasteiger partial charge in [0.15, 0.2) is 0 Å². The zero-order valence-electron chi connectivity index (χ0n) is 12.3. The summed E-state index contributed by atoms with van der Waals surface area (Å²) in [7, 11) is -3.72. The topological polar surface area (TPSA) is 126 Å². The van der Waals surface area contributed by atoms with Crippen LogP contribution in [-0.2, 0) is 26.2 Å². The Morgan fingerprint density at radius 3 is 2.42 bits per heavy atom. The van der Waals surface area contributed by atoms with Crippen LogP contribution in [0.3, 0.4) is 0 Å². The highest BCUT2D eigenvalue weighted by atomic mass is 32.2. The molecule has 3 N–H and O–H groups in total. The predicted molar refractivity (Wildman–Crippen MR) is 84.6 cm³/mol. The molecule has 0 saturated carbocycles. The van der Waals surface area contributed by atoms with Crippen molar-refractivity contribution in [3.05, 3.63) is 60.6 Å². The fourth-order valence-corrected chi connectivity index (χ4v) is 2.70. The van der Waals surface area contributed by atoms with Crippen LogP contribution in [0, 0.1) is 0 Å². The van der Waals surface area contributed by atoms with Crippen LogP contribution in [0.5, 0.6) is 0 Å². The normalized spacial score (nSPS) is 11.5. The molecule has 8 nitrogen and oxygen atoms in total. The molecule has 24 heavy (non-hydrogen) atoms. The van der Waals surface area contributed by atoms with Gasteiger partial charge in [0, 0.05) is 17.8 Å². The van der Waals surface area contributed by atoms with Gasteiger partial charge in [0.1, 0.15) is 5.76 Å². The van der Waals surface area contributed by atoms with Crippen molar-refractivity contribution in [2.24, 2.45) is 0 Å². The second-order valence-corrected chi connectivity index (χ2v) is 6.36. The van der Waals surface area contributed by atoms with E-state index in [-0.39, 0.29) is 11.4 Å². The molecule has 0 aliphatic carbocycles. The number of carboxylic acid groups (broad SMARTS) is 1. The minimum Gasteiger partial charge on any atom is -0.478 e. The Bertz CT molecular complexity index is 839. The maximum absolute atomic E-state index is 12.1. The smallest absolute Gasteiger partial charge is 0.328 e. The summed E-state index contributed by atoms with van der Waals surface area (Å²) in [6.45, 7) is 0.0216. The second kappa shape index (κ2) is 7.57. The lowest BCUT2D eigenvalue weighted by molar-refractivity contribution is -0.131. The SMILES string of the molecule is O=C(O)C=CC(=O)Nc1ccc(S(=O)(=O)NCc2ccco2)cc1. The number of aliphatic carboxylic acids is 1. The minimum absolute atomic E-state index is 0.0214. The standard InChI is InChI=1S/C15H14N2O6S/c18-14(7-8-15(19)20)17-11-3-5-13(6-4-11)24(21,22)16-10-12-2-1-9-23-12/h1-9,16H,10H2,(H,17,18)(H,19,20). The van der Waals surface area contributed by atoms with Gasteiger partial charge in [-0.15, -0.1) is 0 Å². The number of carbonyl (C=O) groups is 2. The number of nitrogens with one attached hydrogen (secondary N) is 2. The fraction of sp³-hybridized carbons (Fsp3) is 0.0667. The monoisotopic (exact) mass is 350 g/mol. The molecule has 2 rings (SSSR count). The summed E-state index contributed by atoms with van der Waals surface area (Å²) >= 11 is 0. The molecule has 0 unspecified atom stereocenters. The number of hydrogen-bond donors (Lipinski definition) is 3. The van der Waals surface area contributed by atoms with E-state index in [2.05, 4.69) is 10.0 Å². The van der Waals surface area contributed by atoms with Gasteiger partial charge in [-0.1, -0.05) is 0 Å². The maximum atomic E-state index is 12.1.